The molecular formula is C19H19ClF2N2O3. The van der Waals surface area contributed by atoms with Crippen molar-refractivity contribution in [3.05, 3.63) is 59.2 Å². The molecule has 2 aromatic carbocycles. The molecule has 0 aliphatic carbocycles. The van der Waals surface area contributed by atoms with Crippen molar-refractivity contribution >= 4 is 18.3 Å². The molecule has 0 saturated carbocycles. The Bertz CT molecular complexity index is 850. The van der Waals surface area contributed by atoms with Crippen LogP contribution in [0, 0.1) is 11.6 Å². The lowest BCUT2D eigenvalue weighted by molar-refractivity contribution is 0.0924. The summed E-state index contributed by atoms with van der Waals surface area (Å²) < 4.78 is 37.4. The predicted molar refractivity (Wildman–Crippen MR) is 97.7 cm³/mol. The molecule has 2 unspecified atom stereocenters. The Hall–Kier alpha value is -2.38. The predicted octanol–water partition coefficient (Wildman–Crippen LogP) is 2.99. The summed E-state index contributed by atoms with van der Waals surface area (Å²) in [6, 6.07) is 8.70. The van der Waals surface area contributed by atoms with E-state index in [0.29, 0.717) is 29.2 Å². The number of amides is 1. The molecule has 2 N–H and O–H groups in total. The highest BCUT2D eigenvalue weighted by Gasteiger charge is 2.29. The summed E-state index contributed by atoms with van der Waals surface area (Å²) in [5.41, 5.74) is 1.14. The molecule has 1 fully saturated rings. The average Bonchev–Trinajstić information content (AvgIpc) is 3.12. The summed E-state index contributed by atoms with van der Waals surface area (Å²) in [5, 5.41) is 6.23. The summed E-state index contributed by atoms with van der Waals surface area (Å²) in [5.74, 6) is -0.934. The monoisotopic (exact) mass is 396 g/mol. The van der Waals surface area contributed by atoms with Gasteiger partial charge in [-0.3, -0.25) is 4.79 Å². The average molecular weight is 397 g/mol. The zero-order valence-electron chi connectivity index (χ0n) is 14.3. The number of halogens is 3. The summed E-state index contributed by atoms with van der Waals surface area (Å²) in [6.45, 7) is 1.45. The fourth-order valence-electron chi connectivity index (χ4n) is 3.44. The van der Waals surface area contributed by atoms with Crippen LogP contribution in [0.15, 0.2) is 36.4 Å². The molecule has 2 aromatic rings. The van der Waals surface area contributed by atoms with Crippen LogP contribution in [0.2, 0.25) is 0 Å². The van der Waals surface area contributed by atoms with Crippen LogP contribution >= 0.6 is 12.4 Å². The largest absolute Gasteiger partial charge is 0.454 e. The molecule has 1 saturated heterocycles. The van der Waals surface area contributed by atoms with Gasteiger partial charge in [-0.05, 0) is 48.9 Å². The maximum Gasteiger partial charge on any atom is 0.251 e. The Kier molecular flexibility index (Phi) is 5.82. The minimum atomic E-state index is -0.873. The first-order valence-electron chi connectivity index (χ1n) is 8.48. The lowest BCUT2D eigenvalue weighted by atomic mass is 9.85. The zero-order chi connectivity index (χ0) is 18.1. The Morgan fingerprint density at radius 2 is 1.89 bits per heavy atom. The third-order valence-electron chi connectivity index (χ3n) is 4.81. The van der Waals surface area contributed by atoms with Gasteiger partial charge in [0, 0.05) is 24.1 Å². The van der Waals surface area contributed by atoms with Crippen LogP contribution in [-0.4, -0.2) is 31.8 Å². The van der Waals surface area contributed by atoms with Crippen LogP contribution in [0.25, 0.3) is 0 Å². The van der Waals surface area contributed by atoms with Crippen LogP contribution in [0.1, 0.15) is 28.3 Å². The van der Waals surface area contributed by atoms with E-state index in [1.807, 2.05) is 0 Å². The van der Waals surface area contributed by atoms with E-state index in [9.17, 15) is 13.6 Å². The second-order valence-corrected chi connectivity index (χ2v) is 6.42. The van der Waals surface area contributed by atoms with Gasteiger partial charge in [-0.25, -0.2) is 8.78 Å². The topological polar surface area (TPSA) is 59.6 Å². The molecule has 144 valence electrons. The van der Waals surface area contributed by atoms with Crippen molar-refractivity contribution in [2.75, 3.05) is 19.9 Å². The van der Waals surface area contributed by atoms with Crippen molar-refractivity contribution in [1.82, 2.24) is 10.6 Å². The zero-order valence-corrected chi connectivity index (χ0v) is 15.2. The maximum absolute atomic E-state index is 13.6. The van der Waals surface area contributed by atoms with Gasteiger partial charge in [-0.15, -0.1) is 12.4 Å². The molecule has 8 heteroatoms. The highest BCUT2D eigenvalue weighted by atomic mass is 35.5. The van der Waals surface area contributed by atoms with Gasteiger partial charge in [0.15, 0.2) is 23.1 Å². The number of ether oxygens (including phenoxy) is 2. The number of hydrogen-bond acceptors (Lipinski definition) is 4. The lowest BCUT2D eigenvalue weighted by Crippen LogP contribution is -2.50. The number of benzene rings is 2. The Balaban J connectivity index is 0.00000210. The van der Waals surface area contributed by atoms with Gasteiger partial charge >= 0.3 is 0 Å². The smallest absolute Gasteiger partial charge is 0.251 e. The molecule has 2 atom stereocenters. The number of fused-ring (bicyclic) bond motifs is 1. The number of piperidine rings is 1. The van der Waals surface area contributed by atoms with E-state index in [1.165, 1.54) is 6.07 Å². The highest BCUT2D eigenvalue weighted by Crippen LogP contribution is 2.33. The van der Waals surface area contributed by atoms with Crippen LogP contribution < -0.4 is 20.1 Å². The van der Waals surface area contributed by atoms with E-state index in [2.05, 4.69) is 10.6 Å². The quantitative estimate of drug-likeness (QED) is 0.837. The first-order chi connectivity index (χ1) is 12.6. The lowest BCUT2D eigenvalue weighted by Gasteiger charge is -2.33. The molecule has 27 heavy (non-hydrogen) atoms. The van der Waals surface area contributed by atoms with Crippen molar-refractivity contribution in [3.63, 3.8) is 0 Å². The van der Waals surface area contributed by atoms with Crippen molar-refractivity contribution in [1.29, 1.82) is 0 Å². The van der Waals surface area contributed by atoms with Crippen LogP contribution in [-0.2, 0) is 0 Å². The fourth-order valence-corrected chi connectivity index (χ4v) is 3.44. The van der Waals surface area contributed by atoms with Gasteiger partial charge in [-0.2, -0.15) is 0 Å². The third-order valence-corrected chi connectivity index (χ3v) is 4.81. The molecule has 0 aromatic heterocycles. The molecule has 1 amide bonds. The molecule has 0 bridgehead atoms. The number of rotatable bonds is 3. The molecule has 4 rings (SSSR count). The second kappa shape index (κ2) is 8.10. The van der Waals surface area contributed by atoms with E-state index in [1.54, 1.807) is 24.3 Å². The first-order valence-corrected chi connectivity index (χ1v) is 8.48. The van der Waals surface area contributed by atoms with Gasteiger partial charge in [0.05, 0.1) is 0 Å². The van der Waals surface area contributed by atoms with Crippen molar-refractivity contribution in [3.8, 4) is 11.5 Å². The van der Waals surface area contributed by atoms with E-state index in [-0.39, 0.29) is 37.1 Å². The molecule has 2 aliphatic heterocycles. The van der Waals surface area contributed by atoms with Gasteiger partial charge < -0.3 is 20.1 Å². The van der Waals surface area contributed by atoms with E-state index >= 15 is 0 Å². The summed E-state index contributed by atoms with van der Waals surface area (Å²) in [6.07, 6.45) is 0.719. The van der Waals surface area contributed by atoms with Gasteiger partial charge in [-0.1, -0.05) is 6.07 Å². The number of hydrogen-bond donors (Lipinski definition) is 2. The summed E-state index contributed by atoms with van der Waals surface area (Å²) in [7, 11) is 0. The van der Waals surface area contributed by atoms with Crippen molar-refractivity contribution in [2.45, 2.75) is 18.4 Å². The van der Waals surface area contributed by atoms with E-state index in [0.717, 1.165) is 19.0 Å². The van der Waals surface area contributed by atoms with Crippen LogP contribution in [0.4, 0.5) is 8.78 Å². The van der Waals surface area contributed by atoms with Crippen LogP contribution in [0.5, 0.6) is 11.5 Å². The Labute approximate surface area is 161 Å². The Morgan fingerprint density at radius 1 is 1.07 bits per heavy atom. The van der Waals surface area contributed by atoms with Crippen LogP contribution in [0.3, 0.4) is 0 Å². The highest BCUT2D eigenvalue weighted by molar-refractivity contribution is 5.95. The summed E-state index contributed by atoms with van der Waals surface area (Å²) in [4.78, 5) is 12.6. The second-order valence-electron chi connectivity index (χ2n) is 6.42. The van der Waals surface area contributed by atoms with E-state index < -0.39 is 11.6 Å². The minimum absolute atomic E-state index is 0. The normalized spacial score (nSPS) is 20.7. The van der Waals surface area contributed by atoms with Crippen molar-refractivity contribution in [2.24, 2.45) is 0 Å². The van der Waals surface area contributed by atoms with Crippen molar-refractivity contribution < 1.29 is 23.0 Å². The third kappa shape index (κ3) is 3.99. The number of nitrogens with one attached hydrogen (secondary N) is 2. The molecular weight excluding hydrogens is 378 g/mol. The standard InChI is InChI=1S/C19H18F2N2O3.ClH/c20-14-3-1-11(7-15(14)21)13-5-6-22-9-16(13)23-19(24)12-2-4-17-18(8-12)26-10-25-17;/h1-4,7-8,13,16,22H,5-6,9-10H2,(H,23,24);1H. The minimum Gasteiger partial charge on any atom is -0.454 e. The molecule has 0 radical (unpaired) electrons. The summed E-state index contributed by atoms with van der Waals surface area (Å²) >= 11 is 0. The molecule has 5 nitrogen and oxygen atoms in total. The van der Waals surface area contributed by atoms with Gasteiger partial charge in [0.25, 0.3) is 5.91 Å². The van der Waals surface area contributed by atoms with E-state index in [4.69, 9.17) is 9.47 Å². The molecule has 2 aliphatic rings. The first kappa shape index (κ1) is 19.4. The fraction of sp³-hybridized carbons (Fsp3) is 0.316. The van der Waals surface area contributed by atoms with Gasteiger partial charge in [0.1, 0.15) is 0 Å². The van der Waals surface area contributed by atoms with Gasteiger partial charge in [0.2, 0.25) is 6.79 Å². The maximum atomic E-state index is 13.6. The molecule has 0 spiro atoms. The Morgan fingerprint density at radius 3 is 2.70 bits per heavy atom. The SMILES string of the molecule is Cl.O=C(NC1CNCCC1c1ccc(F)c(F)c1)c1ccc2c(c1)OCO2. The number of carbonyl (C=O) groups excluding carboxylic acids is 1. The number of carbonyl (C=O) groups is 1. The molecule has 2 heterocycles.